The molecule has 0 aromatic carbocycles. The van der Waals surface area contributed by atoms with Gasteiger partial charge in [-0.05, 0) is 30.2 Å². The Morgan fingerprint density at radius 2 is 1.80 bits per heavy atom. The summed E-state index contributed by atoms with van der Waals surface area (Å²) >= 11 is 0. The van der Waals surface area contributed by atoms with Gasteiger partial charge in [-0.2, -0.15) is 0 Å². The van der Waals surface area contributed by atoms with Crippen LogP contribution in [0.2, 0.25) is 0 Å². The SMILES string of the molecule is C/C=C(\C=C/N)C(C)(C)C. The number of allylic oxidation sites excluding steroid dienone is 3. The third-order valence-electron chi connectivity index (χ3n) is 1.45. The highest BCUT2D eigenvalue weighted by Gasteiger charge is 2.12. The minimum Gasteiger partial charge on any atom is -0.405 e. The van der Waals surface area contributed by atoms with Crippen molar-refractivity contribution in [1.29, 1.82) is 0 Å². The molecule has 0 spiro atoms. The number of hydrogen-bond donors (Lipinski definition) is 1. The van der Waals surface area contributed by atoms with Crippen molar-refractivity contribution in [3.63, 3.8) is 0 Å². The van der Waals surface area contributed by atoms with Crippen LogP contribution in [0.1, 0.15) is 27.7 Å². The summed E-state index contributed by atoms with van der Waals surface area (Å²) in [6.07, 6.45) is 5.62. The zero-order chi connectivity index (χ0) is 8.20. The van der Waals surface area contributed by atoms with Crippen molar-refractivity contribution < 1.29 is 0 Å². The van der Waals surface area contributed by atoms with Crippen LogP contribution < -0.4 is 5.73 Å². The van der Waals surface area contributed by atoms with Crippen LogP contribution in [0.3, 0.4) is 0 Å². The van der Waals surface area contributed by atoms with Gasteiger partial charge in [0.05, 0.1) is 0 Å². The molecule has 0 saturated carbocycles. The Morgan fingerprint density at radius 1 is 1.30 bits per heavy atom. The smallest absolute Gasteiger partial charge is 0.00595 e. The lowest BCUT2D eigenvalue weighted by Gasteiger charge is -2.19. The van der Waals surface area contributed by atoms with E-state index in [1.54, 1.807) is 6.20 Å². The molecule has 0 atom stereocenters. The Labute approximate surface area is 63.6 Å². The van der Waals surface area contributed by atoms with E-state index in [0.717, 1.165) is 0 Å². The van der Waals surface area contributed by atoms with Crippen molar-refractivity contribution in [1.82, 2.24) is 0 Å². The van der Waals surface area contributed by atoms with Gasteiger partial charge in [0, 0.05) is 0 Å². The Hall–Kier alpha value is -0.720. The van der Waals surface area contributed by atoms with Gasteiger partial charge in [0.25, 0.3) is 0 Å². The molecule has 0 radical (unpaired) electrons. The summed E-state index contributed by atoms with van der Waals surface area (Å²) in [6, 6.07) is 0. The molecular weight excluding hydrogens is 122 g/mol. The third-order valence-corrected chi connectivity index (χ3v) is 1.45. The van der Waals surface area contributed by atoms with Crippen LogP contribution in [0.15, 0.2) is 23.9 Å². The monoisotopic (exact) mass is 139 g/mol. The summed E-state index contributed by atoms with van der Waals surface area (Å²) in [4.78, 5) is 0. The summed E-state index contributed by atoms with van der Waals surface area (Å²) in [5.41, 5.74) is 6.77. The summed E-state index contributed by atoms with van der Waals surface area (Å²) in [6.45, 7) is 8.54. The van der Waals surface area contributed by atoms with Crippen molar-refractivity contribution >= 4 is 0 Å². The summed E-state index contributed by atoms with van der Waals surface area (Å²) in [7, 11) is 0. The van der Waals surface area contributed by atoms with E-state index in [2.05, 4.69) is 26.8 Å². The molecule has 0 saturated heterocycles. The molecule has 2 N–H and O–H groups in total. The van der Waals surface area contributed by atoms with Gasteiger partial charge in [-0.15, -0.1) is 0 Å². The molecule has 10 heavy (non-hydrogen) atoms. The lowest BCUT2D eigenvalue weighted by Crippen LogP contribution is -2.07. The first kappa shape index (κ1) is 9.28. The molecule has 58 valence electrons. The molecule has 1 nitrogen and oxygen atoms in total. The highest BCUT2D eigenvalue weighted by molar-refractivity contribution is 5.23. The predicted molar refractivity (Wildman–Crippen MR) is 46.5 cm³/mol. The Morgan fingerprint density at radius 3 is 1.90 bits per heavy atom. The minimum absolute atomic E-state index is 0.213. The largest absolute Gasteiger partial charge is 0.405 e. The van der Waals surface area contributed by atoms with Gasteiger partial charge in [-0.1, -0.05) is 26.8 Å². The minimum atomic E-state index is 0.213. The van der Waals surface area contributed by atoms with E-state index in [9.17, 15) is 0 Å². The van der Waals surface area contributed by atoms with Gasteiger partial charge in [0.2, 0.25) is 0 Å². The van der Waals surface area contributed by atoms with Crippen molar-refractivity contribution in [3.05, 3.63) is 23.9 Å². The van der Waals surface area contributed by atoms with E-state index in [1.165, 1.54) is 5.57 Å². The number of nitrogens with two attached hydrogens (primary N) is 1. The second-order valence-corrected chi connectivity index (χ2v) is 3.35. The van der Waals surface area contributed by atoms with Gasteiger partial charge >= 0.3 is 0 Å². The molecule has 0 aromatic heterocycles. The first-order valence-electron chi connectivity index (χ1n) is 3.57. The molecule has 0 aromatic rings. The van der Waals surface area contributed by atoms with Crippen LogP contribution >= 0.6 is 0 Å². The third kappa shape index (κ3) is 2.72. The zero-order valence-corrected chi connectivity index (χ0v) is 7.31. The summed E-state index contributed by atoms with van der Waals surface area (Å²) in [5, 5.41) is 0. The first-order chi connectivity index (χ1) is 4.52. The van der Waals surface area contributed by atoms with Crippen LogP contribution in [-0.2, 0) is 0 Å². The van der Waals surface area contributed by atoms with Gasteiger partial charge in [-0.25, -0.2) is 0 Å². The zero-order valence-electron chi connectivity index (χ0n) is 7.31. The van der Waals surface area contributed by atoms with Crippen LogP contribution in [0, 0.1) is 5.41 Å². The maximum absolute atomic E-state index is 5.28. The van der Waals surface area contributed by atoms with E-state index in [-0.39, 0.29) is 5.41 Å². The molecule has 0 rings (SSSR count). The molecule has 0 unspecified atom stereocenters. The van der Waals surface area contributed by atoms with E-state index in [1.807, 2.05) is 13.0 Å². The van der Waals surface area contributed by atoms with E-state index in [4.69, 9.17) is 5.73 Å². The van der Waals surface area contributed by atoms with Crippen molar-refractivity contribution in [2.45, 2.75) is 27.7 Å². The Balaban J connectivity index is 4.39. The second-order valence-electron chi connectivity index (χ2n) is 3.35. The van der Waals surface area contributed by atoms with Crippen molar-refractivity contribution in [3.8, 4) is 0 Å². The fraction of sp³-hybridized carbons (Fsp3) is 0.556. The summed E-state index contributed by atoms with van der Waals surface area (Å²) in [5.74, 6) is 0. The molecule has 0 aliphatic rings. The van der Waals surface area contributed by atoms with Crippen LogP contribution in [0.4, 0.5) is 0 Å². The molecule has 0 aliphatic heterocycles. The fourth-order valence-electron chi connectivity index (χ4n) is 0.883. The highest BCUT2D eigenvalue weighted by Crippen LogP contribution is 2.25. The highest BCUT2D eigenvalue weighted by atomic mass is 14.5. The molecule has 0 fully saturated rings. The van der Waals surface area contributed by atoms with E-state index < -0.39 is 0 Å². The van der Waals surface area contributed by atoms with Crippen LogP contribution in [0.25, 0.3) is 0 Å². The molecule has 1 heteroatoms. The molecule has 0 amide bonds. The Bertz CT molecular complexity index is 147. The standard InChI is InChI=1S/C9H17N/c1-5-8(6-7-10)9(2,3)4/h5-7H,10H2,1-4H3/b7-6-,8-5+. The average molecular weight is 139 g/mol. The topological polar surface area (TPSA) is 26.0 Å². The molecular formula is C9H17N. The first-order valence-corrected chi connectivity index (χ1v) is 3.57. The van der Waals surface area contributed by atoms with Gasteiger partial charge in [-0.3, -0.25) is 0 Å². The van der Waals surface area contributed by atoms with Gasteiger partial charge < -0.3 is 5.73 Å². The van der Waals surface area contributed by atoms with E-state index in [0.29, 0.717) is 0 Å². The molecule has 0 aliphatic carbocycles. The lowest BCUT2D eigenvalue weighted by atomic mass is 9.86. The van der Waals surface area contributed by atoms with Crippen LogP contribution in [-0.4, -0.2) is 0 Å². The van der Waals surface area contributed by atoms with Gasteiger partial charge in [0.1, 0.15) is 0 Å². The van der Waals surface area contributed by atoms with Gasteiger partial charge in [0.15, 0.2) is 0 Å². The normalized spacial score (nSPS) is 14.6. The maximum Gasteiger partial charge on any atom is -0.00595 e. The Kier molecular flexibility index (Phi) is 3.20. The number of rotatable bonds is 1. The molecule has 0 heterocycles. The molecule has 0 bridgehead atoms. The van der Waals surface area contributed by atoms with Crippen LogP contribution in [0.5, 0.6) is 0 Å². The predicted octanol–water partition coefficient (Wildman–Crippen LogP) is 2.45. The maximum atomic E-state index is 5.28. The summed E-state index contributed by atoms with van der Waals surface area (Å²) < 4.78 is 0. The quantitative estimate of drug-likeness (QED) is 0.555. The average Bonchev–Trinajstić information content (AvgIpc) is 1.80. The van der Waals surface area contributed by atoms with E-state index >= 15 is 0 Å². The second kappa shape index (κ2) is 3.45. The fourth-order valence-corrected chi connectivity index (χ4v) is 0.883. The number of hydrogen-bond acceptors (Lipinski definition) is 1. The van der Waals surface area contributed by atoms with Crippen molar-refractivity contribution in [2.24, 2.45) is 11.1 Å². The van der Waals surface area contributed by atoms with Crippen molar-refractivity contribution in [2.75, 3.05) is 0 Å². The lowest BCUT2D eigenvalue weighted by molar-refractivity contribution is 0.516.